The molecule has 0 radical (unpaired) electrons. The molecule has 0 aliphatic rings. The molecule has 3 heterocycles. The van der Waals surface area contributed by atoms with Crippen LogP contribution < -0.4 is 11.1 Å². The largest absolute Gasteiger partial charge is 0.380 e. The van der Waals surface area contributed by atoms with E-state index in [-0.39, 0.29) is 5.91 Å². The lowest BCUT2D eigenvalue weighted by Crippen LogP contribution is -2.17. The molecule has 0 saturated carbocycles. The minimum absolute atomic E-state index is 0.266. The summed E-state index contributed by atoms with van der Waals surface area (Å²) in [5, 5.41) is 12.1. The zero-order valence-corrected chi connectivity index (χ0v) is 19.8. The molecule has 0 atom stereocenters. The van der Waals surface area contributed by atoms with Crippen LogP contribution in [0.15, 0.2) is 77.3 Å². The second-order valence-corrected chi connectivity index (χ2v) is 8.52. The Kier molecular flexibility index (Phi) is 5.03. The Labute approximate surface area is 206 Å². The Morgan fingerprint density at radius 2 is 1.81 bits per heavy atom. The van der Waals surface area contributed by atoms with E-state index in [4.69, 9.17) is 10.3 Å². The number of aryl methyl sites for hydroxylation is 2. The first-order chi connectivity index (χ1) is 17.5. The number of hydrogen-bond donors (Lipinski definition) is 2. The van der Waals surface area contributed by atoms with Crippen molar-refractivity contribution < 1.29 is 9.32 Å². The zero-order chi connectivity index (χ0) is 24.8. The summed E-state index contributed by atoms with van der Waals surface area (Å²) in [6.45, 7) is 3.97. The first kappa shape index (κ1) is 21.6. The van der Waals surface area contributed by atoms with Crippen molar-refractivity contribution in [3.63, 3.8) is 0 Å². The average Bonchev–Trinajstić information content (AvgIpc) is 3.59. The fraction of sp³-hybridized carbons (Fsp3) is 0.111. The van der Waals surface area contributed by atoms with Crippen molar-refractivity contribution in [2.24, 2.45) is 0 Å². The van der Waals surface area contributed by atoms with Crippen LogP contribution in [0.4, 0.5) is 11.5 Å². The van der Waals surface area contributed by atoms with Gasteiger partial charge < -0.3 is 15.6 Å². The van der Waals surface area contributed by atoms with E-state index in [1.54, 1.807) is 16.8 Å². The Morgan fingerprint density at radius 3 is 2.61 bits per heavy atom. The molecule has 36 heavy (non-hydrogen) atoms. The summed E-state index contributed by atoms with van der Waals surface area (Å²) >= 11 is 0. The average molecular weight is 478 g/mol. The summed E-state index contributed by atoms with van der Waals surface area (Å²) in [5.41, 5.74) is 12.0. The second kappa shape index (κ2) is 8.38. The van der Waals surface area contributed by atoms with Gasteiger partial charge in [-0.25, -0.2) is 9.67 Å². The highest BCUT2D eigenvalue weighted by Crippen LogP contribution is 2.26. The highest BCUT2D eigenvalue weighted by atomic mass is 16.5. The first-order valence-electron chi connectivity index (χ1n) is 11.6. The Bertz CT molecular complexity index is 1740. The van der Waals surface area contributed by atoms with Gasteiger partial charge in [0.25, 0.3) is 5.91 Å². The highest BCUT2D eigenvalue weighted by molar-refractivity contribution is 6.03. The van der Waals surface area contributed by atoms with Gasteiger partial charge in [0.2, 0.25) is 0 Å². The van der Waals surface area contributed by atoms with Gasteiger partial charge in [-0.05, 0) is 74.0 Å². The van der Waals surface area contributed by atoms with Gasteiger partial charge >= 0.3 is 0 Å². The molecule has 0 unspecified atom stereocenters. The lowest BCUT2D eigenvalue weighted by molar-refractivity contribution is 0.101. The van der Waals surface area contributed by atoms with Crippen molar-refractivity contribution in [3.05, 3.63) is 90.0 Å². The number of carbonyl (C=O) groups excluding carboxylic acids is 1. The molecule has 9 heteroatoms. The quantitative estimate of drug-likeness (QED) is 0.359. The number of nitrogens with one attached hydrogen (secondary N) is 1. The number of anilines is 2. The number of aromatic nitrogens is 5. The Morgan fingerprint density at radius 1 is 1.03 bits per heavy atom. The minimum Gasteiger partial charge on any atom is -0.380 e. The third-order valence-corrected chi connectivity index (χ3v) is 6.19. The number of hydrogen-bond acceptors (Lipinski definition) is 6. The molecule has 0 saturated heterocycles. The van der Waals surface area contributed by atoms with Gasteiger partial charge in [-0.3, -0.25) is 9.36 Å². The van der Waals surface area contributed by atoms with Crippen molar-refractivity contribution in [2.45, 2.75) is 20.3 Å². The lowest BCUT2D eigenvalue weighted by atomic mass is 10.2. The number of rotatable bonds is 5. The van der Waals surface area contributed by atoms with Crippen LogP contribution in [-0.2, 0) is 6.42 Å². The predicted molar refractivity (Wildman–Crippen MR) is 139 cm³/mol. The molecule has 3 aromatic carbocycles. The van der Waals surface area contributed by atoms with Crippen molar-refractivity contribution in [3.8, 4) is 11.4 Å². The Balaban J connectivity index is 1.31. The molecule has 1 amide bonds. The molecule has 0 aliphatic carbocycles. The van der Waals surface area contributed by atoms with Gasteiger partial charge in [0.1, 0.15) is 11.5 Å². The summed E-state index contributed by atoms with van der Waals surface area (Å²) in [6, 6.07) is 22.9. The van der Waals surface area contributed by atoms with E-state index in [1.165, 1.54) is 0 Å². The zero-order valence-electron chi connectivity index (χ0n) is 19.8. The Hall–Kier alpha value is -4.92. The van der Waals surface area contributed by atoms with Crippen molar-refractivity contribution >= 4 is 39.4 Å². The summed E-state index contributed by atoms with van der Waals surface area (Å²) in [7, 11) is 0. The molecule has 3 N–H and O–H groups in total. The van der Waals surface area contributed by atoms with E-state index in [2.05, 4.69) is 25.1 Å². The van der Waals surface area contributed by atoms with E-state index in [0.29, 0.717) is 40.3 Å². The number of nitrogens with two attached hydrogens (primary N) is 1. The highest BCUT2D eigenvalue weighted by Gasteiger charge is 2.18. The van der Waals surface area contributed by atoms with Gasteiger partial charge in [0.05, 0.1) is 27.8 Å². The van der Waals surface area contributed by atoms with Crippen LogP contribution in [-0.4, -0.2) is 30.4 Å². The maximum atomic E-state index is 13.3. The van der Waals surface area contributed by atoms with Crippen LogP contribution in [0.3, 0.4) is 0 Å². The van der Waals surface area contributed by atoms with Crippen LogP contribution in [0.5, 0.6) is 0 Å². The molecule has 0 bridgehead atoms. The molecule has 9 nitrogen and oxygen atoms in total. The van der Waals surface area contributed by atoms with Gasteiger partial charge in [-0.15, -0.1) is 0 Å². The number of carbonyl (C=O) groups is 1. The summed E-state index contributed by atoms with van der Waals surface area (Å²) in [5.74, 6) is 0.925. The van der Waals surface area contributed by atoms with Crippen LogP contribution >= 0.6 is 0 Å². The molecule has 3 aromatic heterocycles. The van der Waals surface area contributed by atoms with Crippen molar-refractivity contribution in [2.75, 3.05) is 11.1 Å². The predicted octanol–water partition coefficient (Wildman–Crippen LogP) is 5.06. The van der Waals surface area contributed by atoms with Gasteiger partial charge in [-0.2, -0.15) is 5.10 Å². The number of amides is 1. The molecule has 0 spiro atoms. The van der Waals surface area contributed by atoms with Crippen LogP contribution in [0.2, 0.25) is 0 Å². The van der Waals surface area contributed by atoms with Crippen LogP contribution in [0.1, 0.15) is 28.9 Å². The molecule has 6 aromatic rings. The SMILES string of the molecule is CCc1cc(C(=O)Nc2ccc(-n3c(C)nc4ccccc43)cc2)n(-c2ccc3onc(N)c3c2)n1. The van der Waals surface area contributed by atoms with Gasteiger partial charge in [0.15, 0.2) is 11.4 Å². The van der Waals surface area contributed by atoms with E-state index < -0.39 is 0 Å². The first-order valence-corrected chi connectivity index (χ1v) is 11.6. The molecule has 178 valence electrons. The van der Waals surface area contributed by atoms with E-state index >= 15 is 0 Å². The number of para-hydroxylation sites is 2. The molecule has 0 aliphatic heterocycles. The van der Waals surface area contributed by atoms with Crippen LogP contribution in [0, 0.1) is 6.92 Å². The second-order valence-electron chi connectivity index (χ2n) is 8.52. The maximum Gasteiger partial charge on any atom is 0.274 e. The topological polar surface area (TPSA) is 117 Å². The fourth-order valence-corrected chi connectivity index (χ4v) is 4.40. The van der Waals surface area contributed by atoms with E-state index in [1.807, 2.05) is 74.5 Å². The smallest absolute Gasteiger partial charge is 0.274 e. The molecule has 0 fully saturated rings. The molecule has 6 rings (SSSR count). The molecular weight excluding hydrogens is 454 g/mol. The van der Waals surface area contributed by atoms with E-state index in [9.17, 15) is 4.79 Å². The number of imidazole rings is 1. The van der Waals surface area contributed by atoms with Crippen molar-refractivity contribution in [1.29, 1.82) is 0 Å². The van der Waals surface area contributed by atoms with Gasteiger partial charge in [-0.1, -0.05) is 24.2 Å². The lowest BCUT2D eigenvalue weighted by Gasteiger charge is -2.11. The monoisotopic (exact) mass is 477 g/mol. The van der Waals surface area contributed by atoms with Gasteiger partial charge in [0, 0.05) is 11.4 Å². The number of fused-ring (bicyclic) bond motifs is 2. The third-order valence-electron chi connectivity index (χ3n) is 6.19. The fourth-order valence-electron chi connectivity index (χ4n) is 4.40. The third kappa shape index (κ3) is 3.58. The molecular formula is C27H23N7O2. The summed E-state index contributed by atoms with van der Waals surface area (Å²) in [4.78, 5) is 18.0. The van der Waals surface area contributed by atoms with E-state index in [0.717, 1.165) is 28.2 Å². The van der Waals surface area contributed by atoms with Crippen molar-refractivity contribution in [1.82, 2.24) is 24.5 Å². The number of nitrogens with zero attached hydrogens (tertiary/aromatic N) is 5. The summed E-state index contributed by atoms with van der Waals surface area (Å²) < 4.78 is 8.91. The standard InChI is InChI=1S/C27H23N7O2/c1-3-17-14-24(34(31-17)20-12-13-25-21(15-20)26(28)32-36-25)27(35)30-18-8-10-19(11-9-18)33-16(2)29-22-6-4-5-7-23(22)33/h4-15H,3H2,1-2H3,(H2,28,32)(H,30,35). The minimum atomic E-state index is -0.266. The number of benzene rings is 3. The normalized spacial score (nSPS) is 11.4. The maximum absolute atomic E-state index is 13.3. The van der Waals surface area contributed by atoms with Crippen LogP contribution in [0.25, 0.3) is 33.4 Å². The number of nitrogen functional groups attached to an aromatic ring is 1. The summed E-state index contributed by atoms with van der Waals surface area (Å²) in [6.07, 6.45) is 0.692.